The lowest BCUT2D eigenvalue weighted by atomic mass is 10.0. The standard InChI is InChI=1S/C15H13F2N3O3/c1-8(21)19-5-4-12-10(7-19)14(15(22)23)18-20(12)13-6-9(16)2-3-11(13)17/h2-3,6H,4-5,7H2,1H3,(H,22,23). The van der Waals surface area contributed by atoms with E-state index >= 15 is 0 Å². The Balaban J connectivity index is 2.17. The van der Waals surface area contributed by atoms with Crippen molar-refractivity contribution < 1.29 is 23.5 Å². The van der Waals surface area contributed by atoms with Crippen molar-refractivity contribution in [2.24, 2.45) is 0 Å². The molecule has 1 aliphatic rings. The maximum absolute atomic E-state index is 14.0. The summed E-state index contributed by atoms with van der Waals surface area (Å²) in [6.45, 7) is 1.84. The van der Waals surface area contributed by atoms with Crippen LogP contribution in [0.3, 0.4) is 0 Å². The van der Waals surface area contributed by atoms with Gasteiger partial charge >= 0.3 is 5.97 Å². The van der Waals surface area contributed by atoms with E-state index in [2.05, 4.69) is 5.10 Å². The topological polar surface area (TPSA) is 75.4 Å². The second-order valence-electron chi connectivity index (χ2n) is 5.28. The van der Waals surface area contributed by atoms with E-state index in [0.29, 0.717) is 24.2 Å². The number of carbonyl (C=O) groups is 2. The second-order valence-corrected chi connectivity index (χ2v) is 5.28. The zero-order valence-electron chi connectivity index (χ0n) is 12.2. The van der Waals surface area contributed by atoms with Gasteiger partial charge in [-0.15, -0.1) is 0 Å². The summed E-state index contributed by atoms with van der Waals surface area (Å²) in [5.41, 5.74) is 0.423. The molecular formula is C15H13F2N3O3. The summed E-state index contributed by atoms with van der Waals surface area (Å²) >= 11 is 0. The Morgan fingerprint density at radius 2 is 2.04 bits per heavy atom. The highest BCUT2D eigenvalue weighted by atomic mass is 19.1. The first-order chi connectivity index (χ1) is 10.9. The SMILES string of the molecule is CC(=O)N1CCc2c(c(C(=O)O)nn2-c2cc(F)ccc2F)C1. The lowest BCUT2D eigenvalue weighted by Gasteiger charge is -2.26. The van der Waals surface area contributed by atoms with Crippen LogP contribution in [-0.2, 0) is 17.8 Å². The van der Waals surface area contributed by atoms with Crippen molar-refractivity contribution in [3.63, 3.8) is 0 Å². The number of fused-ring (bicyclic) bond motifs is 1. The number of nitrogens with zero attached hydrogens (tertiary/aromatic N) is 3. The van der Waals surface area contributed by atoms with E-state index in [-0.39, 0.29) is 23.8 Å². The average Bonchev–Trinajstić information content (AvgIpc) is 2.88. The van der Waals surface area contributed by atoms with Crippen LogP contribution in [0.4, 0.5) is 8.78 Å². The van der Waals surface area contributed by atoms with Crippen LogP contribution >= 0.6 is 0 Å². The van der Waals surface area contributed by atoms with Gasteiger partial charge in [0, 0.05) is 38.1 Å². The lowest BCUT2D eigenvalue weighted by molar-refractivity contribution is -0.129. The molecule has 2 heterocycles. The van der Waals surface area contributed by atoms with Gasteiger partial charge in [0.25, 0.3) is 0 Å². The molecule has 2 aromatic rings. The smallest absolute Gasteiger partial charge is 0.356 e. The van der Waals surface area contributed by atoms with E-state index in [9.17, 15) is 23.5 Å². The molecule has 0 spiro atoms. The normalized spacial score (nSPS) is 13.8. The number of aromatic nitrogens is 2. The van der Waals surface area contributed by atoms with Crippen molar-refractivity contribution in [2.75, 3.05) is 6.54 Å². The molecule has 0 unspecified atom stereocenters. The summed E-state index contributed by atoms with van der Waals surface area (Å²) in [6.07, 6.45) is 0.311. The fraction of sp³-hybridized carbons (Fsp3) is 0.267. The number of rotatable bonds is 2. The molecule has 6 nitrogen and oxygen atoms in total. The lowest BCUT2D eigenvalue weighted by Crippen LogP contribution is -2.35. The molecular weight excluding hydrogens is 308 g/mol. The molecule has 8 heteroatoms. The van der Waals surface area contributed by atoms with Crippen molar-refractivity contribution in [3.8, 4) is 5.69 Å². The van der Waals surface area contributed by atoms with Crippen LogP contribution in [0, 0.1) is 11.6 Å². The average molecular weight is 321 g/mol. The van der Waals surface area contributed by atoms with Crippen molar-refractivity contribution in [1.29, 1.82) is 0 Å². The van der Waals surface area contributed by atoms with E-state index in [0.717, 1.165) is 22.9 Å². The summed E-state index contributed by atoms with van der Waals surface area (Å²) < 4.78 is 28.5. The van der Waals surface area contributed by atoms with Gasteiger partial charge in [-0.05, 0) is 12.1 Å². The van der Waals surface area contributed by atoms with Gasteiger partial charge in [-0.25, -0.2) is 18.3 Å². The Labute approximate surface area is 129 Å². The summed E-state index contributed by atoms with van der Waals surface area (Å²) in [6, 6.07) is 2.90. The third-order valence-electron chi connectivity index (χ3n) is 3.84. The number of carboxylic acid groups (broad SMARTS) is 1. The molecule has 1 aliphatic heterocycles. The predicted molar refractivity (Wildman–Crippen MR) is 75.2 cm³/mol. The van der Waals surface area contributed by atoms with Crippen molar-refractivity contribution in [1.82, 2.24) is 14.7 Å². The Morgan fingerprint density at radius 3 is 2.70 bits per heavy atom. The number of carbonyl (C=O) groups excluding carboxylic acids is 1. The minimum absolute atomic E-state index is 0.0865. The Kier molecular flexibility index (Phi) is 3.59. The quantitative estimate of drug-likeness (QED) is 0.914. The predicted octanol–water partition coefficient (Wildman–Crippen LogP) is 1.75. The number of hydrogen-bond acceptors (Lipinski definition) is 3. The maximum Gasteiger partial charge on any atom is 0.356 e. The Morgan fingerprint density at radius 1 is 1.30 bits per heavy atom. The summed E-state index contributed by atoms with van der Waals surface area (Å²) in [4.78, 5) is 24.4. The van der Waals surface area contributed by atoms with E-state index in [1.165, 1.54) is 11.8 Å². The van der Waals surface area contributed by atoms with Crippen LogP contribution in [0.5, 0.6) is 0 Å². The third-order valence-corrected chi connectivity index (χ3v) is 3.84. The van der Waals surface area contributed by atoms with Crippen LogP contribution in [0.1, 0.15) is 28.7 Å². The molecule has 0 fully saturated rings. The number of carboxylic acids is 1. The molecule has 1 amide bonds. The minimum Gasteiger partial charge on any atom is -0.476 e. The van der Waals surface area contributed by atoms with Gasteiger partial charge in [-0.1, -0.05) is 0 Å². The first-order valence-electron chi connectivity index (χ1n) is 6.93. The van der Waals surface area contributed by atoms with Gasteiger partial charge < -0.3 is 10.0 Å². The fourth-order valence-corrected chi connectivity index (χ4v) is 2.71. The van der Waals surface area contributed by atoms with Crippen LogP contribution < -0.4 is 0 Å². The highest BCUT2D eigenvalue weighted by molar-refractivity contribution is 5.88. The molecule has 120 valence electrons. The largest absolute Gasteiger partial charge is 0.476 e. The van der Waals surface area contributed by atoms with Gasteiger partial charge in [0.05, 0.1) is 5.69 Å². The fourth-order valence-electron chi connectivity index (χ4n) is 2.71. The highest BCUT2D eigenvalue weighted by Crippen LogP contribution is 2.27. The van der Waals surface area contributed by atoms with Crippen LogP contribution in [-0.4, -0.2) is 38.2 Å². The summed E-state index contributed by atoms with van der Waals surface area (Å²) in [5, 5.41) is 13.2. The first kappa shape index (κ1) is 15.1. The maximum atomic E-state index is 14.0. The molecule has 3 rings (SSSR count). The molecule has 0 saturated carbocycles. The van der Waals surface area contributed by atoms with Gasteiger partial charge in [0.15, 0.2) is 5.69 Å². The van der Waals surface area contributed by atoms with Crippen LogP contribution in [0.25, 0.3) is 5.69 Å². The van der Waals surface area contributed by atoms with Gasteiger partial charge in [-0.3, -0.25) is 4.79 Å². The van der Waals surface area contributed by atoms with E-state index in [4.69, 9.17) is 0 Å². The van der Waals surface area contributed by atoms with E-state index in [1.807, 2.05) is 0 Å². The first-order valence-corrected chi connectivity index (χ1v) is 6.93. The number of benzene rings is 1. The molecule has 0 aliphatic carbocycles. The molecule has 0 saturated heterocycles. The zero-order valence-corrected chi connectivity index (χ0v) is 12.2. The Hall–Kier alpha value is -2.77. The molecule has 1 aromatic carbocycles. The summed E-state index contributed by atoms with van der Waals surface area (Å²) in [5.74, 6) is -2.81. The van der Waals surface area contributed by atoms with E-state index in [1.54, 1.807) is 0 Å². The van der Waals surface area contributed by atoms with Gasteiger partial charge in [0.2, 0.25) is 5.91 Å². The number of aromatic carboxylic acids is 1. The Bertz CT molecular complexity index is 817. The molecule has 1 aromatic heterocycles. The van der Waals surface area contributed by atoms with Crippen LogP contribution in [0.15, 0.2) is 18.2 Å². The number of amides is 1. The van der Waals surface area contributed by atoms with Crippen molar-refractivity contribution >= 4 is 11.9 Å². The highest BCUT2D eigenvalue weighted by Gasteiger charge is 2.30. The second kappa shape index (κ2) is 5.45. The molecule has 0 bridgehead atoms. The molecule has 23 heavy (non-hydrogen) atoms. The zero-order chi connectivity index (χ0) is 16.7. The van der Waals surface area contributed by atoms with Crippen LogP contribution in [0.2, 0.25) is 0 Å². The molecule has 1 N–H and O–H groups in total. The minimum atomic E-state index is -1.28. The van der Waals surface area contributed by atoms with Crippen molar-refractivity contribution in [2.45, 2.75) is 19.9 Å². The number of halogens is 2. The van der Waals surface area contributed by atoms with E-state index < -0.39 is 17.6 Å². The van der Waals surface area contributed by atoms with Crippen molar-refractivity contribution in [3.05, 3.63) is 46.8 Å². The number of hydrogen-bond donors (Lipinski definition) is 1. The molecule has 0 atom stereocenters. The van der Waals surface area contributed by atoms with Gasteiger partial charge in [-0.2, -0.15) is 5.10 Å². The molecule has 0 radical (unpaired) electrons. The third kappa shape index (κ3) is 2.56. The summed E-state index contributed by atoms with van der Waals surface area (Å²) in [7, 11) is 0. The monoisotopic (exact) mass is 321 g/mol. The van der Waals surface area contributed by atoms with Gasteiger partial charge in [0.1, 0.15) is 17.3 Å².